The van der Waals surface area contributed by atoms with Gasteiger partial charge < -0.3 is 10.5 Å². The largest absolute Gasteiger partial charge is 0.481 e. The second kappa shape index (κ2) is 5.40. The molecule has 0 aliphatic rings. The van der Waals surface area contributed by atoms with E-state index in [-0.39, 0.29) is 22.6 Å². The zero-order valence-corrected chi connectivity index (χ0v) is 10.2. The summed E-state index contributed by atoms with van der Waals surface area (Å²) in [4.78, 5) is 0. The van der Waals surface area contributed by atoms with Crippen molar-refractivity contribution in [3.05, 3.63) is 48.3 Å². The third kappa shape index (κ3) is 3.20. The third-order valence-corrected chi connectivity index (χ3v) is 2.59. The van der Waals surface area contributed by atoms with Gasteiger partial charge in [0.1, 0.15) is 5.82 Å². The fraction of sp³-hybridized carbons (Fsp3) is 0.143. The topological polar surface area (TPSA) is 35.2 Å². The molecular weight excluding hydrogens is 274 g/mol. The van der Waals surface area contributed by atoms with Gasteiger partial charge in [0.05, 0.1) is 5.69 Å². The smallest absolute Gasteiger partial charge is 0.422 e. The van der Waals surface area contributed by atoms with Crippen LogP contribution in [0, 0.1) is 5.82 Å². The molecule has 0 bridgehead atoms. The van der Waals surface area contributed by atoms with E-state index >= 15 is 0 Å². The van der Waals surface area contributed by atoms with Gasteiger partial charge in [0, 0.05) is 11.1 Å². The SMILES string of the molecule is Nc1cccc(-c2ccccc2F)c1OCC(F)(F)F. The molecule has 2 N–H and O–H groups in total. The van der Waals surface area contributed by atoms with E-state index in [4.69, 9.17) is 10.5 Å². The molecular formula is C14H11F4NO. The normalized spacial score (nSPS) is 11.4. The number of para-hydroxylation sites is 1. The Bertz CT molecular complexity index is 610. The van der Waals surface area contributed by atoms with Gasteiger partial charge in [-0.3, -0.25) is 0 Å². The van der Waals surface area contributed by atoms with Gasteiger partial charge in [-0.25, -0.2) is 4.39 Å². The molecule has 6 heteroatoms. The van der Waals surface area contributed by atoms with E-state index in [0.717, 1.165) is 0 Å². The number of hydrogen-bond donors (Lipinski definition) is 1. The van der Waals surface area contributed by atoms with E-state index in [1.54, 1.807) is 6.07 Å². The van der Waals surface area contributed by atoms with Crippen LogP contribution in [0.15, 0.2) is 42.5 Å². The zero-order chi connectivity index (χ0) is 14.8. The molecule has 0 saturated carbocycles. The van der Waals surface area contributed by atoms with Gasteiger partial charge in [-0.1, -0.05) is 30.3 Å². The van der Waals surface area contributed by atoms with Crippen molar-refractivity contribution in [2.75, 3.05) is 12.3 Å². The number of ether oxygens (including phenoxy) is 1. The fourth-order valence-electron chi connectivity index (χ4n) is 1.76. The first-order chi connectivity index (χ1) is 9.38. The number of benzene rings is 2. The molecule has 0 atom stereocenters. The second-order valence-corrected chi connectivity index (χ2v) is 4.11. The summed E-state index contributed by atoms with van der Waals surface area (Å²) in [6, 6.07) is 10.1. The summed E-state index contributed by atoms with van der Waals surface area (Å²) < 4.78 is 55.2. The van der Waals surface area contributed by atoms with Crippen molar-refractivity contribution in [1.29, 1.82) is 0 Å². The van der Waals surface area contributed by atoms with Gasteiger partial charge in [0.2, 0.25) is 0 Å². The van der Waals surface area contributed by atoms with Crippen LogP contribution in [-0.4, -0.2) is 12.8 Å². The molecule has 0 amide bonds. The van der Waals surface area contributed by atoms with E-state index in [0.29, 0.717) is 0 Å². The third-order valence-electron chi connectivity index (χ3n) is 2.59. The predicted octanol–water partition coefficient (Wildman–Crippen LogP) is 4.02. The average molecular weight is 285 g/mol. The molecule has 2 rings (SSSR count). The Morgan fingerprint density at radius 1 is 0.950 bits per heavy atom. The molecule has 0 heterocycles. The molecule has 0 unspecified atom stereocenters. The highest BCUT2D eigenvalue weighted by Gasteiger charge is 2.29. The van der Waals surface area contributed by atoms with Crippen LogP contribution in [0.25, 0.3) is 11.1 Å². The molecule has 0 aliphatic carbocycles. The number of anilines is 1. The first-order valence-corrected chi connectivity index (χ1v) is 5.71. The maximum atomic E-state index is 13.7. The second-order valence-electron chi connectivity index (χ2n) is 4.11. The van der Waals surface area contributed by atoms with Crippen LogP contribution in [0.4, 0.5) is 23.2 Å². The van der Waals surface area contributed by atoms with Gasteiger partial charge >= 0.3 is 6.18 Å². The first-order valence-electron chi connectivity index (χ1n) is 5.71. The quantitative estimate of drug-likeness (QED) is 0.683. The monoisotopic (exact) mass is 285 g/mol. The Morgan fingerprint density at radius 2 is 1.60 bits per heavy atom. The number of alkyl halides is 3. The van der Waals surface area contributed by atoms with E-state index in [9.17, 15) is 17.6 Å². The van der Waals surface area contributed by atoms with Crippen LogP contribution in [0.1, 0.15) is 0 Å². The molecule has 0 aromatic heterocycles. The van der Waals surface area contributed by atoms with Crippen molar-refractivity contribution in [2.24, 2.45) is 0 Å². The molecule has 0 saturated heterocycles. The number of hydrogen-bond acceptors (Lipinski definition) is 2. The molecule has 0 spiro atoms. The maximum absolute atomic E-state index is 13.7. The molecule has 0 fully saturated rings. The maximum Gasteiger partial charge on any atom is 0.422 e. The van der Waals surface area contributed by atoms with Crippen molar-refractivity contribution in [1.82, 2.24) is 0 Å². The van der Waals surface area contributed by atoms with Crippen LogP contribution in [0.5, 0.6) is 5.75 Å². The van der Waals surface area contributed by atoms with E-state index in [2.05, 4.69) is 0 Å². The lowest BCUT2D eigenvalue weighted by molar-refractivity contribution is -0.153. The minimum Gasteiger partial charge on any atom is -0.481 e. The Kier molecular flexibility index (Phi) is 3.83. The predicted molar refractivity (Wildman–Crippen MR) is 67.8 cm³/mol. The molecule has 106 valence electrons. The summed E-state index contributed by atoms with van der Waals surface area (Å²) in [6.07, 6.45) is -4.49. The summed E-state index contributed by atoms with van der Waals surface area (Å²) in [5.74, 6) is -0.732. The van der Waals surface area contributed by atoms with Gasteiger partial charge in [0.25, 0.3) is 0 Å². The lowest BCUT2D eigenvalue weighted by Gasteiger charge is -2.15. The fourth-order valence-corrected chi connectivity index (χ4v) is 1.76. The summed E-state index contributed by atoms with van der Waals surface area (Å²) in [6.45, 7) is -1.48. The van der Waals surface area contributed by atoms with E-state index in [1.165, 1.54) is 36.4 Å². The van der Waals surface area contributed by atoms with Crippen LogP contribution < -0.4 is 10.5 Å². The standard InChI is InChI=1S/C14H11F4NO/c15-11-6-2-1-4-9(11)10-5-3-7-12(19)13(10)20-8-14(16,17)18/h1-7H,8,19H2. The Balaban J connectivity index is 2.44. The highest BCUT2D eigenvalue weighted by Crippen LogP contribution is 2.37. The summed E-state index contributed by atoms with van der Waals surface area (Å²) in [5, 5.41) is 0. The van der Waals surface area contributed by atoms with Crippen LogP contribution >= 0.6 is 0 Å². The molecule has 2 aromatic carbocycles. The number of halogens is 4. The first kappa shape index (κ1) is 14.2. The minimum atomic E-state index is -4.49. The van der Waals surface area contributed by atoms with Crippen LogP contribution in [-0.2, 0) is 0 Å². The Hall–Kier alpha value is -2.24. The van der Waals surface area contributed by atoms with E-state index < -0.39 is 18.6 Å². The number of nitrogen functional groups attached to an aromatic ring is 1. The van der Waals surface area contributed by atoms with Crippen LogP contribution in [0.2, 0.25) is 0 Å². The van der Waals surface area contributed by atoms with Crippen molar-refractivity contribution < 1.29 is 22.3 Å². The van der Waals surface area contributed by atoms with E-state index in [1.807, 2.05) is 0 Å². The van der Waals surface area contributed by atoms with Gasteiger partial charge in [0.15, 0.2) is 12.4 Å². The molecule has 0 radical (unpaired) electrons. The lowest BCUT2D eigenvalue weighted by atomic mass is 10.0. The van der Waals surface area contributed by atoms with Gasteiger partial charge in [-0.2, -0.15) is 13.2 Å². The highest BCUT2D eigenvalue weighted by molar-refractivity contribution is 5.77. The summed E-state index contributed by atoms with van der Waals surface area (Å²) in [5.41, 5.74) is 5.97. The highest BCUT2D eigenvalue weighted by atomic mass is 19.4. The van der Waals surface area contributed by atoms with Gasteiger partial charge in [-0.15, -0.1) is 0 Å². The van der Waals surface area contributed by atoms with Crippen LogP contribution in [0.3, 0.4) is 0 Å². The Morgan fingerprint density at radius 3 is 2.25 bits per heavy atom. The van der Waals surface area contributed by atoms with Gasteiger partial charge in [-0.05, 0) is 12.1 Å². The minimum absolute atomic E-state index is 0.0232. The Labute approximate surface area is 112 Å². The number of rotatable bonds is 3. The van der Waals surface area contributed by atoms with Crippen molar-refractivity contribution >= 4 is 5.69 Å². The molecule has 2 nitrogen and oxygen atoms in total. The number of nitrogens with two attached hydrogens (primary N) is 1. The summed E-state index contributed by atoms with van der Waals surface area (Å²) in [7, 11) is 0. The zero-order valence-electron chi connectivity index (χ0n) is 10.2. The summed E-state index contributed by atoms with van der Waals surface area (Å²) >= 11 is 0. The average Bonchev–Trinajstić information content (AvgIpc) is 2.36. The molecule has 20 heavy (non-hydrogen) atoms. The molecule has 0 aliphatic heterocycles. The van der Waals surface area contributed by atoms with Crippen molar-refractivity contribution in [3.63, 3.8) is 0 Å². The van der Waals surface area contributed by atoms with Crippen molar-refractivity contribution in [3.8, 4) is 16.9 Å². The van der Waals surface area contributed by atoms with Crippen molar-refractivity contribution in [2.45, 2.75) is 6.18 Å². The molecule has 2 aromatic rings. The lowest BCUT2D eigenvalue weighted by Crippen LogP contribution is -2.20.